The third-order valence-electron chi connectivity index (χ3n) is 6.15. The molecule has 2 aromatic carbocycles. The molecule has 206 valence electrons. The first kappa shape index (κ1) is 29.6. The van der Waals surface area contributed by atoms with E-state index in [0.29, 0.717) is 44.9 Å². The van der Waals surface area contributed by atoms with Crippen molar-refractivity contribution in [1.82, 2.24) is 10.6 Å². The topological polar surface area (TPSA) is 120 Å². The van der Waals surface area contributed by atoms with Crippen LogP contribution in [0.25, 0.3) is 0 Å². The van der Waals surface area contributed by atoms with Crippen LogP contribution in [0, 0.1) is 0 Å². The van der Waals surface area contributed by atoms with Crippen LogP contribution in [0.3, 0.4) is 0 Å². The van der Waals surface area contributed by atoms with Crippen molar-refractivity contribution in [3.8, 4) is 0 Å². The summed E-state index contributed by atoms with van der Waals surface area (Å²) < 4.78 is 28.5. The number of aryl methyl sites for hydroxylation is 1. The lowest BCUT2D eigenvalue weighted by Gasteiger charge is -2.17. The van der Waals surface area contributed by atoms with Crippen LogP contribution >= 0.6 is 8.03 Å². The number of esters is 2. The molecule has 0 spiro atoms. The Bertz CT molecular complexity index is 1030. The van der Waals surface area contributed by atoms with Gasteiger partial charge in [-0.05, 0) is 62.6 Å². The molecule has 1 amide bonds. The zero-order valence-electron chi connectivity index (χ0n) is 21.6. The largest absolute Gasteiger partial charge is 0.445 e. The van der Waals surface area contributed by atoms with Crippen molar-refractivity contribution >= 4 is 26.1 Å². The van der Waals surface area contributed by atoms with Crippen LogP contribution in [0.1, 0.15) is 49.7 Å². The number of hydrogen-bond acceptors (Lipinski definition) is 8. The Labute approximate surface area is 224 Å². The molecule has 9 nitrogen and oxygen atoms in total. The predicted molar refractivity (Wildman–Crippen MR) is 144 cm³/mol. The SMILES string of the molecule is O=C(NCCCCC(O[PH](=O)CCCc1ccccc1)C(=O)OC(=O)[C@@H]1CCCN1)OCc1ccccc1. The molecule has 0 radical (unpaired) electrons. The number of carbonyl (C=O) groups excluding carboxylic acids is 3. The van der Waals surface area contributed by atoms with E-state index in [1.54, 1.807) is 0 Å². The van der Waals surface area contributed by atoms with Gasteiger partial charge in [0.05, 0.1) is 0 Å². The predicted octanol–water partition coefficient (Wildman–Crippen LogP) is 4.40. The van der Waals surface area contributed by atoms with E-state index >= 15 is 0 Å². The van der Waals surface area contributed by atoms with Crippen LogP contribution in [0.2, 0.25) is 0 Å². The van der Waals surface area contributed by atoms with Crippen LogP contribution < -0.4 is 10.6 Å². The van der Waals surface area contributed by atoms with Crippen molar-refractivity contribution in [2.75, 3.05) is 19.3 Å². The molecule has 0 aliphatic carbocycles. The summed E-state index contributed by atoms with van der Waals surface area (Å²) >= 11 is 0. The quantitative estimate of drug-likeness (QED) is 0.147. The van der Waals surface area contributed by atoms with Gasteiger partial charge in [0, 0.05) is 12.7 Å². The van der Waals surface area contributed by atoms with Crippen molar-refractivity contribution in [2.24, 2.45) is 0 Å². The van der Waals surface area contributed by atoms with E-state index in [-0.39, 0.29) is 13.0 Å². The Hall–Kier alpha value is -3.00. The van der Waals surface area contributed by atoms with E-state index in [2.05, 4.69) is 10.6 Å². The summed E-state index contributed by atoms with van der Waals surface area (Å²) in [6.07, 6.45) is 2.82. The highest BCUT2D eigenvalue weighted by atomic mass is 31.1. The lowest BCUT2D eigenvalue weighted by molar-refractivity contribution is -0.166. The molecule has 1 heterocycles. The Balaban J connectivity index is 1.41. The van der Waals surface area contributed by atoms with Crippen molar-refractivity contribution < 1.29 is 32.9 Å². The van der Waals surface area contributed by atoms with Crippen LogP contribution in [0.5, 0.6) is 0 Å². The third-order valence-corrected chi connectivity index (χ3v) is 7.46. The lowest BCUT2D eigenvalue weighted by atomic mass is 10.1. The smallest absolute Gasteiger partial charge is 0.407 e. The fraction of sp³-hybridized carbons (Fsp3) is 0.464. The van der Waals surface area contributed by atoms with E-state index in [1.165, 1.54) is 0 Å². The van der Waals surface area contributed by atoms with Gasteiger partial charge in [-0.3, -0.25) is 4.57 Å². The number of carbonyl (C=O) groups is 3. The Morgan fingerprint density at radius 2 is 1.68 bits per heavy atom. The number of nitrogens with one attached hydrogen (secondary N) is 2. The van der Waals surface area contributed by atoms with Gasteiger partial charge in [-0.25, -0.2) is 14.4 Å². The van der Waals surface area contributed by atoms with Gasteiger partial charge in [0.1, 0.15) is 12.6 Å². The summed E-state index contributed by atoms with van der Waals surface area (Å²) in [5, 5.41) is 5.67. The average Bonchev–Trinajstić information content (AvgIpc) is 3.48. The number of alkyl carbamates (subject to hydrolysis) is 1. The number of hydrogen-bond donors (Lipinski definition) is 2. The zero-order valence-corrected chi connectivity index (χ0v) is 22.6. The van der Waals surface area contributed by atoms with Crippen molar-refractivity contribution in [3.05, 3.63) is 71.8 Å². The molecule has 1 aliphatic rings. The maximum atomic E-state index is 12.7. The minimum atomic E-state index is -2.51. The van der Waals surface area contributed by atoms with E-state index in [4.69, 9.17) is 14.0 Å². The second-order valence-corrected chi connectivity index (χ2v) is 10.7. The third kappa shape index (κ3) is 11.2. The molecule has 2 N–H and O–H groups in total. The second kappa shape index (κ2) is 16.8. The maximum absolute atomic E-state index is 12.7. The van der Waals surface area contributed by atoms with E-state index in [9.17, 15) is 18.9 Å². The van der Waals surface area contributed by atoms with Crippen molar-refractivity contribution in [2.45, 2.75) is 63.7 Å². The highest BCUT2D eigenvalue weighted by Crippen LogP contribution is 2.29. The van der Waals surface area contributed by atoms with Gasteiger partial charge in [-0.2, -0.15) is 0 Å². The molecule has 3 rings (SSSR count). The highest BCUT2D eigenvalue weighted by molar-refractivity contribution is 7.39. The number of amides is 1. The number of rotatable bonds is 15. The first-order valence-electron chi connectivity index (χ1n) is 13.2. The molecule has 38 heavy (non-hydrogen) atoms. The number of benzene rings is 2. The average molecular weight is 545 g/mol. The fourth-order valence-electron chi connectivity index (χ4n) is 4.07. The van der Waals surface area contributed by atoms with Crippen LogP contribution in [-0.4, -0.2) is 49.4 Å². The monoisotopic (exact) mass is 544 g/mol. The van der Waals surface area contributed by atoms with Crippen molar-refractivity contribution in [3.63, 3.8) is 0 Å². The molecule has 1 aliphatic heterocycles. The van der Waals surface area contributed by atoms with Crippen LogP contribution in [-0.2, 0) is 41.2 Å². The number of ether oxygens (including phenoxy) is 2. The van der Waals surface area contributed by atoms with Crippen LogP contribution in [0.15, 0.2) is 60.7 Å². The molecule has 3 atom stereocenters. The van der Waals surface area contributed by atoms with E-state index in [0.717, 1.165) is 24.0 Å². The molecule has 1 saturated heterocycles. The van der Waals surface area contributed by atoms with Gasteiger partial charge in [0.15, 0.2) is 14.1 Å². The van der Waals surface area contributed by atoms with Gasteiger partial charge in [-0.15, -0.1) is 0 Å². The minimum Gasteiger partial charge on any atom is -0.445 e. The fourth-order valence-corrected chi connectivity index (χ4v) is 5.18. The van der Waals surface area contributed by atoms with Gasteiger partial charge in [0.25, 0.3) is 0 Å². The molecule has 10 heteroatoms. The highest BCUT2D eigenvalue weighted by Gasteiger charge is 2.30. The summed E-state index contributed by atoms with van der Waals surface area (Å²) in [5.41, 5.74) is 2.03. The van der Waals surface area contributed by atoms with Gasteiger partial charge in [0.2, 0.25) is 0 Å². The molecule has 2 aromatic rings. The van der Waals surface area contributed by atoms with E-state index < -0.39 is 38.2 Å². The van der Waals surface area contributed by atoms with Crippen LogP contribution in [0.4, 0.5) is 4.79 Å². The standard InChI is InChI=1S/C28H37N2O7P/c31-26(24-16-9-19-29-24)36-27(32)25(37-38(34)20-10-15-22-11-3-1-4-12-22)17-7-8-18-30-28(33)35-21-23-13-5-2-6-14-23/h1-6,11-14,24-25,29,38H,7-10,15-21H2,(H,30,33)/t24-,25?/m0/s1. The lowest BCUT2D eigenvalue weighted by Crippen LogP contribution is -2.37. The summed E-state index contributed by atoms with van der Waals surface area (Å²) in [5.74, 6) is -1.45. The molecule has 1 fully saturated rings. The van der Waals surface area contributed by atoms with Gasteiger partial charge < -0.3 is 24.6 Å². The summed E-state index contributed by atoms with van der Waals surface area (Å²) in [6.45, 7) is 1.22. The van der Waals surface area contributed by atoms with E-state index in [1.807, 2.05) is 60.7 Å². The van der Waals surface area contributed by atoms with Gasteiger partial charge >= 0.3 is 18.0 Å². The summed E-state index contributed by atoms with van der Waals surface area (Å²) in [4.78, 5) is 36.9. The molecule has 0 saturated carbocycles. The first-order chi connectivity index (χ1) is 18.5. The maximum Gasteiger partial charge on any atom is 0.407 e. The normalized spacial score (nSPS) is 16.4. The molecule has 0 bridgehead atoms. The minimum absolute atomic E-state index is 0.177. The number of unbranched alkanes of at least 4 members (excludes halogenated alkanes) is 1. The summed E-state index contributed by atoms with van der Waals surface area (Å²) in [6, 6.07) is 18.7. The Kier molecular flexibility index (Phi) is 13.0. The second-order valence-electron chi connectivity index (χ2n) is 9.19. The summed E-state index contributed by atoms with van der Waals surface area (Å²) in [7, 11) is -2.51. The first-order valence-corrected chi connectivity index (χ1v) is 14.7. The Morgan fingerprint density at radius 1 is 0.974 bits per heavy atom. The molecular formula is C28H37N2O7P. The van der Waals surface area contributed by atoms with Crippen molar-refractivity contribution in [1.29, 1.82) is 0 Å². The zero-order chi connectivity index (χ0) is 27.0. The molecule has 0 aromatic heterocycles. The Morgan fingerprint density at radius 3 is 2.37 bits per heavy atom. The molecule has 2 unspecified atom stereocenters. The molecular weight excluding hydrogens is 507 g/mol. The van der Waals surface area contributed by atoms with Gasteiger partial charge in [-0.1, -0.05) is 60.7 Å².